The number of carbonyl (C=O) groups is 2. The number of methoxy groups -OCH3 is 1. The smallest absolute Gasteiger partial charge is 0.288 e. The second kappa shape index (κ2) is 10.2. The number of ether oxygens (including phenoxy) is 1. The summed E-state index contributed by atoms with van der Waals surface area (Å²) in [6, 6.07) is 11.0. The fourth-order valence-corrected chi connectivity index (χ4v) is 3.50. The number of carbonyl (C=O) groups excluding carboxylic acids is 2. The second-order valence-electron chi connectivity index (χ2n) is 7.04. The highest BCUT2D eigenvalue weighted by Crippen LogP contribution is 2.25. The molecule has 0 saturated carbocycles. The standard InChI is InChI=1S/C21H23ClN4O5/c1-31-17-5-2-15(3-6-17)20(27)23-8-9-24-10-12-25(13-11-24)21(28)16-4-7-18(22)19(14-16)26(29)30/h2-7,14H,8-13H2,1H3,(H,23,27). The van der Waals surface area contributed by atoms with Gasteiger partial charge in [0.15, 0.2) is 0 Å². The first-order valence-electron chi connectivity index (χ1n) is 9.77. The Labute approximate surface area is 184 Å². The lowest BCUT2D eigenvalue weighted by Crippen LogP contribution is -2.50. The first-order valence-corrected chi connectivity index (χ1v) is 10.1. The summed E-state index contributed by atoms with van der Waals surface area (Å²) in [4.78, 5) is 39.1. The Bertz CT molecular complexity index is 959. The molecule has 2 aromatic rings. The molecule has 164 valence electrons. The minimum absolute atomic E-state index is 0.00283. The summed E-state index contributed by atoms with van der Waals surface area (Å²) in [5, 5.41) is 13.9. The van der Waals surface area contributed by atoms with Crippen molar-refractivity contribution in [3.05, 3.63) is 68.7 Å². The molecule has 0 spiro atoms. The second-order valence-corrected chi connectivity index (χ2v) is 7.45. The molecule has 1 aliphatic rings. The minimum Gasteiger partial charge on any atom is -0.497 e. The summed E-state index contributed by atoms with van der Waals surface area (Å²) in [6.07, 6.45) is 0. The zero-order chi connectivity index (χ0) is 22.4. The molecule has 1 heterocycles. The number of nitrogens with one attached hydrogen (secondary N) is 1. The van der Waals surface area contributed by atoms with Gasteiger partial charge >= 0.3 is 0 Å². The average Bonchev–Trinajstić information content (AvgIpc) is 2.79. The van der Waals surface area contributed by atoms with Gasteiger partial charge < -0.3 is 15.0 Å². The van der Waals surface area contributed by atoms with Crippen molar-refractivity contribution in [2.45, 2.75) is 0 Å². The number of hydrogen-bond acceptors (Lipinski definition) is 6. The Kier molecular flexibility index (Phi) is 7.43. The molecule has 1 fully saturated rings. The summed E-state index contributed by atoms with van der Waals surface area (Å²) in [6.45, 7) is 3.46. The fraction of sp³-hybridized carbons (Fsp3) is 0.333. The molecule has 0 aromatic heterocycles. The molecule has 1 N–H and O–H groups in total. The Morgan fingerprint density at radius 1 is 1.10 bits per heavy atom. The third-order valence-electron chi connectivity index (χ3n) is 5.12. The molecule has 0 aliphatic carbocycles. The predicted octanol–water partition coefficient (Wildman–Crippen LogP) is 2.44. The maximum atomic E-state index is 12.7. The highest BCUT2D eigenvalue weighted by molar-refractivity contribution is 6.32. The fourth-order valence-electron chi connectivity index (χ4n) is 3.31. The van der Waals surface area contributed by atoms with Crippen molar-refractivity contribution < 1.29 is 19.2 Å². The SMILES string of the molecule is COc1ccc(C(=O)NCCN2CCN(C(=O)c3ccc(Cl)c([N+](=O)[O-])c3)CC2)cc1. The summed E-state index contributed by atoms with van der Waals surface area (Å²) in [5.41, 5.74) is 0.531. The number of nitro benzene ring substituents is 1. The first-order chi connectivity index (χ1) is 14.9. The minimum atomic E-state index is -0.600. The van der Waals surface area contributed by atoms with Gasteiger partial charge in [0, 0.05) is 56.5 Å². The monoisotopic (exact) mass is 446 g/mol. The normalized spacial score (nSPS) is 14.2. The van der Waals surface area contributed by atoms with Gasteiger partial charge in [-0.2, -0.15) is 0 Å². The lowest BCUT2D eigenvalue weighted by molar-refractivity contribution is -0.384. The quantitative estimate of drug-likeness (QED) is 0.517. The molecule has 3 rings (SSSR count). The average molecular weight is 447 g/mol. The van der Waals surface area contributed by atoms with E-state index in [1.807, 2.05) is 0 Å². The topological polar surface area (TPSA) is 105 Å². The van der Waals surface area contributed by atoms with E-state index in [2.05, 4.69) is 10.2 Å². The summed E-state index contributed by atoms with van der Waals surface area (Å²) >= 11 is 5.82. The Morgan fingerprint density at radius 2 is 1.74 bits per heavy atom. The molecule has 2 aromatic carbocycles. The molecular formula is C21H23ClN4O5. The van der Waals surface area contributed by atoms with E-state index in [4.69, 9.17) is 16.3 Å². The lowest BCUT2D eigenvalue weighted by Gasteiger charge is -2.34. The molecule has 31 heavy (non-hydrogen) atoms. The highest BCUT2D eigenvalue weighted by atomic mass is 35.5. The maximum absolute atomic E-state index is 12.7. The van der Waals surface area contributed by atoms with Crippen LogP contribution in [0, 0.1) is 10.1 Å². The highest BCUT2D eigenvalue weighted by Gasteiger charge is 2.24. The van der Waals surface area contributed by atoms with Gasteiger partial charge in [0.05, 0.1) is 12.0 Å². The molecule has 1 saturated heterocycles. The van der Waals surface area contributed by atoms with Crippen LogP contribution in [0.15, 0.2) is 42.5 Å². The molecule has 0 atom stereocenters. The Morgan fingerprint density at radius 3 is 2.35 bits per heavy atom. The zero-order valence-electron chi connectivity index (χ0n) is 17.0. The lowest BCUT2D eigenvalue weighted by atomic mass is 10.1. The van der Waals surface area contributed by atoms with Crippen LogP contribution in [0.5, 0.6) is 5.75 Å². The van der Waals surface area contributed by atoms with Crippen molar-refractivity contribution in [3.63, 3.8) is 0 Å². The van der Waals surface area contributed by atoms with Crippen LogP contribution in [0.4, 0.5) is 5.69 Å². The predicted molar refractivity (Wildman–Crippen MR) is 116 cm³/mol. The van der Waals surface area contributed by atoms with Crippen LogP contribution < -0.4 is 10.1 Å². The summed E-state index contributed by atoms with van der Waals surface area (Å²) in [7, 11) is 1.57. The number of nitro groups is 1. The van der Waals surface area contributed by atoms with Gasteiger partial charge in [-0.05, 0) is 36.4 Å². The van der Waals surface area contributed by atoms with Crippen molar-refractivity contribution in [2.24, 2.45) is 0 Å². The van der Waals surface area contributed by atoms with Crippen LogP contribution in [-0.4, -0.2) is 72.9 Å². The van der Waals surface area contributed by atoms with E-state index in [1.165, 1.54) is 18.2 Å². The van der Waals surface area contributed by atoms with Crippen LogP contribution >= 0.6 is 11.6 Å². The van der Waals surface area contributed by atoms with Gasteiger partial charge in [-0.1, -0.05) is 11.6 Å². The van der Waals surface area contributed by atoms with Crippen molar-refractivity contribution in [3.8, 4) is 5.75 Å². The third kappa shape index (κ3) is 5.71. The Hall–Kier alpha value is -3.17. The molecule has 0 unspecified atom stereocenters. The van der Waals surface area contributed by atoms with Crippen LogP contribution in [-0.2, 0) is 0 Å². The van der Waals surface area contributed by atoms with Gasteiger partial charge in [0.25, 0.3) is 17.5 Å². The maximum Gasteiger partial charge on any atom is 0.288 e. The number of piperazine rings is 1. The van der Waals surface area contributed by atoms with E-state index in [9.17, 15) is 19.7 Å². The van der Waals surface area contributed by atoms with E-state index < -0.39 is 4.92 Å². The van der Waals surface area contributed by atoms with Gasteiger partial charge in [-0.25, -0.2) is 0 Å². The summed E-state index contributed by atoms with van der Waals surface area (Å²) in [5.74, 6) is 0.283. The van der Waals surface area contributed by atoms with Gasteiger partial charge in [0.2, 0.25) is 0 Å². The van der Waals surface area contributed by atoms with Crippen molar-refractivity contribution >= 4 is 29.1 Å². The van der Waals surface area contributed by atoms with Crippen LogP contribution in [0.1, 0.15) is 20.7 Å². The number of hydrogen-bond donors (Lipinski definition) is 1. The van der Waals surface area contributed by atoms with E-state index in [0.717, 1.165) is 0 Å². The molecule has 1 aliphatic heterocycles. The van der Waals surface area contributed by atoms with Gasteiger partial charge in [-0.3, -0.25) is 24.6 Å². The number of benzene rings is 2. The van der Waals surface area contributed by atoms with Crippen molar-refractivity contribution in [2.75, 3.05) is 46.4 Å². The van der Waals surface area contributed by atoms with Gasteiger partial charge in [0.1, 0.15) is 10.8 Å². The molecule has 2 amide bonds. The Balaban J connectivity index is 1.45. The van der Waals surface area contributed by atoms with Crippen molar-refractivity contribution in [1.29, 1.82) is 0 Å². The van der Waals surface area contributed by atoms with Crippen LogP contribution in [0.3, 0.4) is 0 Å². The zero-order valence-corrected chi connectivity index (χ0v) is 17.8. The molecule has 0 radical (unpaired) electrons. The molecular weight excluding hydrogens is 424 g/mol. The number of amides is 2. The largest absolute Gasteiger partial charge is 0.497 e. The molecule has 9 nitrogen and oxygen atoms in total. The van der Waals surface area contributed by atoms with E-state index >= 15 is 0 Å². The van der Waals surface area contributed by atoms with E-state index in [0.29, 0.717) is 50.6 Å². The van der Waals surface area contributed by atoms with Crippen LogP contribution in [0.2, 0.25) is 5.02 Å². The first kappa shape index (κ1) is 22.5. The van der Waals surface area contributed by atoms with Crippen LogP contribution in [0.25, 0.3) is 0 Å². The molecule has 10 heteroatoms. The molecule has 0 bridgehead atoms. The number of halogens is 1. The van der Waals surface area contributed by atoms with Crippen molar-refractivity contribution in [1.82, 2.24) is 15.1 Å². The van der Waals surface area contributed by atoms with E-state index in [1.54, 1.807) is 36.3 Å². The number of nitrogens with zero attached hydrogens (tertiary/aromatic N) is 3. The summed E-state index contributed by atoms with van der Waals surface area (Å²) < 4.78 is 5.08. The number of rotatable bonds is 7. The van der Waals surface area contributed by atoms with E-state index in [-0.39, 0.29) is 28.1 Å². The third-order valence-corrected chi connectivity index (χ3v) is 5.43. The van der Waals surface area contributed by atoms with Gasteiger partial charge in [-0.15, -0.1) is 0 Å².